The predicted octanol–water partition coefficient (Wildman–Crippen LogP) is 6.29. The van der Waals surface area contributed by atoms with Crippen molar-refractivity contribution in [3.63, 3.8) is 0 Å². The van der Waals surface area contributed by atoms with Crippen LogP contribution in [-0.4, -0.2) is 35.1 Å². The standard InChI is InChI=1S/C31H38ClN7/c1-34-26-8-6-20(7-9-26)16-35-28-23-10-21-11-24(28)14-31(12-21,13-23)19-38-29-25(15-33)18-37-30(39-29)36-17-22-4-2-3-5-27(22)32/h2-5,18,20-21,23-24,26,28,35H,6-14,16-17,19H2,(H2,36,37,38,39)/t20?,21?,23-,24+,26?,28?,31?. The van der Waals surface area contributed by atoms with Gasteiger partial charge in [0.15, 0.2) is 0 Å². The molecule has 7 nitrogen and oxygen atoms in total. The number of halogens is 1. The Bertz CT molecular complexity index is 1240. The molecule has 204 valence electrons. The molecule has 5 aliphatic carbocycles. The first-order chi connectivity index (χ1) is 19.0. The zero-order valence-corrected chi connectivity index (χ0v) is 23.3. The van der Waals surface area contributed by atoms with Gasteiger partial charge in [-0.05, 0) is 92.2 Å². The molecule has 0 radical (unpaired) electrons. The molecule has 0 amide bonds. The molecule has 0 aliphatic heterocycles. The number of anilines is 2. The second kappa shape index (κ2) is 11.3. The molecular formula is C31H38ClN7. The summed E-state index contributed by atoms with van der Waals surface area (Å²) in [6.07, 6.45) is 12.7. The molecule has 3 unspecified atom stereocenters. The number of nitrogens with one attached hydrogen (secondary N) is 3. The van der Waals surface area contributed by atoms with Gasteiger partial charge in [0.25, 0.3) is 0 Å². The summed E-state index contributed by atoms with van der Waals surface area (Å²) in [5.74, 6) is 4.16. The fourth-order valence-corrected chi connectivity index (χ4v) is 8.50. The Morgan fingerprint density at radius 1 is 1.08 bits per heavy atom. The van der Waals surface area contributed by atoms with Crippen LogP contribution in [0.5, 0.6) is 0 Å². The number of rotatable bonds is 9. The van der Waals surface area contributed by atoms with E-state index in [0.717, 1.165) is 55.2 Å². The Labute approximate surface area is 237 Å². The van der Waals surface area contributed by atoms with Gasteiger partial charge in [-0.15, -0.1) is 0 Å². The van der Waals surface area contributed by atoms with E-state index in [4.69, 9.17) is 18.2 Å². The number of hydrogen-bond donors (Lipinski definition) is 3. The van der Waals surface area contributed by atoms with Crippen molar-refractivity contribution in [1.82, 2.24) is 15.3 Å². The van der Waals surface area contributed by atoms with Gasteiger partial charge in [0.2, 0.25) is 12.0 Å². The number of aromatic nitrogens is 2. The van der Waals surface area contributed by atoms with Gasteiger partial charge < -0.3 is 20.8 Å². The SMILES string of the molecule is [C-]#[N+]C1CCC(CNC2[C@@H]3CC4C[C@H]2CC(CNc2nc(NCc5ccccc5Cl)ncc2C#N)(C4)C3)CC1. The maximum atomic E-state index is 9.71. The van der Waals surface area contributed by atoms with E-state index in [9.17, 15) is 5.26 Å². The molecule has 5 aliphatic rings. The topological polar surface area (TPSA) is 90.0 Å². The minimum atomic E-state index is 0.264. The summed E-state index contributed by atoms with van der Waals surface area (Å²) in [4.78, 5) is 12.8. The van der Waals surface area contributed by atoms with Crippen LogP contribution in [0.3, 0.4) is 0 Å². The molecule has 5 fully saturated rings. The van der Waals surface area contributed by atoms with Crippen molar-refractivity contribution in [3.8, 4) is 6.07 Å². The number of nitrogens with zero attached hydrogens (tertiary/aromatic N) is 4. The molecule has 8 heteroatoms. The van der Waals surface area contributed by atoms with Crippen LogP contribution in [0.4, 0.5) is 11.8 Å². The fraction of sp³-hybridized carbons (Fsp3) is 0.613. The van der Waals surface area contributed by atoms with E-state index in [2.05, 4.69) is 36.8 Å². The minimum absolute atomic E-state index is 0.264. The average molecular weight is 544 g/mol. The van der Waals surface area contributed by atoms with Gasteiger partial charge in [0.05, 0.1) is 6.20 Å². The molecule has 39 heavy (non-hydrogen) atoms. The summed E-state index contributed by atoms with van der Waals surface area (Å²) in [7, 11) is 0. The average Bonchev–Trinajstić information content (AvgIpc) is 2.95. The van der Waals surface area contributed by atoms with E-state index in [0.29, 0.717) is 34.9 Å². The first kappa shape index (κ1) is 26.4. The van der Waals surface area contributed by atoms with E-state index in [1.807, 2.05) is 24.3 Å². The molecule has 3 N–H and O–H groups in total. The number of nitriles is 1. The monoisotopic (exact) mass is 543 g/mol. The van der Waals surface area contributed by atoms with Crippen LogP contribution in [-0.2, 0) is 6.54 Å². The normalized spacial score (nSPS) is 32.8. The van der Waals surface area contributed by atoms with Gasteiger partial charge in [-0.1, -0.05) is 29.8 Å². The third-order valence-electron chi connectivity index (χ3n) is 9.98. The van der Waals surface area contributed by atoms with Crippen LogP contribution < -0.4 is 16.0 Å². The lowest BCUT2D eigenvalue weighted by molar-refractivity contribution is -0.0702. The lowest BCUT2D eigenvalue weighted by Gasteiger charge is -2.60. The van der Waals surface area contributed by atoms with Crippen molar-refractivity contribution >= 4 is 23.4 Å². The van der Waals surface area contributed by atoms with Gasteiger partial charge in [-0.2, -0.15) is 10.2 Å². The third-order valence-corrected chi connectivity index (χ3v) is 10.3. The van der Waals surface area contributed by atoms with Crippen molar-refractivity contribution in [1.29, 1.82) is 5.26 Å². The Balaban J connectivity index is 1.07. The molecule has 5 atom stereocenters. The van der Waals surface area contributed by atoms with E-state index < -0.39 is 0 Å². The first-order valence-electron chi connectivity index (χ1n) is 14.6. The second-order valence-corrected chi connectivity index (χ2v) is 13.0. The minimum Gasteiger partial charge on any atom is -0.368 e. The van der Waals surface area contributed by atoms with E-state index in [1.54, 1.807) is 6.20 Å². The fourth-order valence-electron chi connectivity index (χ4n) is 8.29. The highest BCUT2D eigenvalue weighted by Gasteiger charge is 2.55. The van der Waals surface area contributed by atoms with Crippen molar-refractivity contribution < 1.29 is 0 Å². The van der Waals surface area contributed by atoms with Crippen LogP contribution in [0.1, 0.15) is 68.9 Å². The molecule has 7 rings (SSSR count). The highest BCUT2D eigenvalue weighted by atomic mass is 35.5. The van der Waals surface area contributed by atoms with Gasteiger partial charge in [-0.3, -0.25) is 0 Å². The van der Waals surface area contributed by atoms with Gasteiger partial charge >= 0.3 is 0 Å². The maximum Gasteiger partial charge on any atom is 0.224 e. The molecular weight excluding hydrogens is 506 g/mol. The van der Waals surface area contributed by atoms with Crippen molar-refractivity contribution in [2.24, 2.45) is 29.1 Å². The first-order valence-corrected chi connectivity index (χ1v) is 15.0. The summed E-state index contributed by atoms with van der Waals surface area (Å²) in [5.41, 5.74) is 1.75. The largest absolute Gasteiger partial charge is 0.368 e. The summed E-state index contributed by atoms with van der Waals surface area (Å²) < 4.78 is 0. The van der Waals surface area contributed by atoms with Crippen LogP contribution in [0.15, 0.2) is 30.5 Å². The van der Waals surface area contributed by atoms with Gasteiger partial charge in [0.1, 0.15) is 17.5 Å². The molecule has 2 aromatic rings. The molecule has 1 aromatic heterocycles. The van der Waals surface area contributed by atoms with Crippen LogP contribution in [0.25, 0.3) is 4.85 Å². The maximum absolute atomic E-state index is 9.71. The molecule has 5 saturated carbocycles. The molecule has 1 heterocycles. The second-order valence-electron chi connectivity index (χ2n) is 12.6. The molecule has 0 saturated heterocycles. The summed E-state index contributed by atoms with van der Waals surface area (Å²) in [6.45, 7) is 9.81. The van der Waals surface area contributed by atoms with Crippen LogP contribution >= 0.6 is 11.6 Å². The number of benzene rings is 1. The van der Waals surface area contributed by atoms with Crippen molar-refractivity contribution in [2.45, 2.75) is 76.4 Å². The summed E-state index contributed by atoms with van der Waals surface area (Å²) in [6, 6.07) is 10.9. The lowest BCUT2D eigenvalue weighted by Crippen LogP contribution is -2.60. The van der Waals surface area contributed by atoms with Crippen molar-refractivity contribution in [3.05, 3.63) is 58.0 Å². The van der Waals surface area contributed by atoms with E-state index >= 15 is 0 Å². The molecule has 4 bridgehead atoms. The van der Waals surface area contributed by atoms with E-state index in [-0.39, 0.29) is 11.5 Å². The van der Waals surface area contributed by atoms with Gasteiger partial charge in [-0.25, -0.2) is 11.6 Å². The van der Waals surface area contributed by atoms with Crippen LogP contribution in [0.2, 0.25) is 5.02 Å². The third kappa shape index (κ3) is 5.72. The van der Waals surface area contributed by atoms with Crippen molar-refractivity contribution in [2.75, 3.05) is 23.7 Å². The zero-order chi connectivity index (χ0) is 26.8. The molecule has 1 aromatic carbocycles. The zero-order valence-electron chi connectivity index (χ0n) is 22.5. The predicted molar refractivity (Wildman–Crippen MR) is 154 cm³/mol. The number of hydrogen-bond acceptors (Lipinski definition) is 6. The summed E-state index contributed by atoms with van der Waals surface area (Å²) >= 11 is 6.30. The van der Waals surface area contributed by atoms with E-state index in [1.165, 1.54) is 44.9 Å². The quantitative estimate of drug-likeness (QED) is 0.322. The summed E-state index contributed by atoms with van der Waals surface area (Å²) in [5, 5.41) is 21.3. The Kier molecular flexibility index (Phi) is 7.65. The smallest absolute Gasteiger partial charge is 0.224 e. The van der Waals surface area contributed by atoms with Crippen LogP contribution in [0, 0.1) is 47.0 Å². The Hall–Kier alpha value is -2.87. The highest BCUT2D eigenvalue weighted by Crippen LogP contribution is 2.60. The van der Waals surface area contributed by atoms with Gasteiger partial charge in [0, 0.05) is 37.0 Å². The Morgan fingerprint density at radius 3 is 2.56 bits per heavy atom. The lowest BCUT2D eigenvalue weighted by atomic mass is 9.48. The highest BCUT2D eigenvalue weighted by molar-refractivity contribution is 6.31. The molecule has 0 spiro atoms. The Morgan fingerprint density at radius 2 is 1.85 bits per heavy atom.